The standard InChI is InChI=1S/C20H22N2O4/c1-13(2)14-6-5-7-16(10-14)25-12-19-21-20(22-26-19)17-9-8-15(23-3)11-18(17)24-4/h5-11,13H,12H2,1-4H3. The maximum absolute atomic E-state index is 5.78. The molecule has 1 heterocycles. The van der Waals surface area contributed by atoms with Crippen molar-refractivity contribution in [2.24, 2.45) is 0 Å². The van der Waals surface area contributed by atoms with Crippen LogP contribution in [0.5, 0.6) is 17.2 Å². The molecule has 0 fully saturated rings. The zero-order valence-electron chi connectivity index (χ0n) is 15.4. The molecule has 6 heteroatoms. The molecule has 3 rings (SSSR count). The molecule has 0 radical (unpaired) electrons. The molecule has 0 aliphatic rings. The highest BCUT2D eigenvalue weighted by Gasteiger charge is 2.15. The van der Waals surface area contributed by atoms with Gasteiger partial charge >= 0.3 is 0 Å². The summed E-state index contributed by atoms with van der Waals surface area (Å²) in [6.45, 7) is 4.49. The first-order chi connectivity index (χ1) is 12.6. The Kier molecular flexibility index (Phi) is 5.41. The number of hydrogen-bond acceptors (Lipinski definition) is 6. The summed E-state index contributed by atoms with van der Waals surface area (Å²) in [5.41, 5.74) is 1.95. The fourth-order valence-electron chi connectivity index (χ4n) is 2.51. The molecular formula is C20H22N2O4. The second kappa shape index (κ2) is 7.91. The molecule has 0 bridgehead atoms. The number of rotatable bonds is 7. The van der Waals surface area contributed by atoms with Gasteiger partial charge in [0.25, 0.3) is 5.89 Å². The van der Waals surface area contributed by atoms with Crippen LogP contribution in [0, 0.1) is 0 Å². The first kappa shape index (κ1) is 17.8. The van der Waals surface area contributed by atoms with Gasteiger partial charge < -0.3 is 18.7 Å². The van der Waals surface area contributed by atoms with Gasteiger partial charge in [0, 0.05) is 6.07 Å². The predicted octanol–water partition coefficient (Wildman–Crippen LogP) is 4.46. The van der Waals surface area contributed by atoms with Crippen LogP contribution in [0.1, 0.15) is 31.2 Å². The number of nitrogens with zero attached hydrogens (tertiary/aromatic N) is 2. The lowest BCUT2D eigenvalue weighted by molar-refractivity contribution is 0.242. The zero-order valence-corrected chi connectivity index (χ0v) is 15.4. The molecule has 0 saturated heterocycles. The van der Waals surface area contributed by atoms with Crippen molar-refractivity contribution in [2.45, 2.75) is 26.4 Å². The average Bonchev–Trinajstić information content (AvgIpc) is 3.14. The summed E-state index contributed by atoms with van der Waals surface area (Å²) < 4.78 is 21.7. The van der Waals surface area contributed by atoms with Crippen LogP contribution in [0.25, 0.3) is 11.4 Å². The van der Waals surface area contributed by atoms with E-state index in [1.807, 2.05) is 30.3 Å². The van der Waals surface area contributed by atoms with Gasteiger partial charge in [-0.3, -0.25) is 0 Å². The van der Waals surface area contributed by atoms with E-state index in [1.165, 1.54) is 5.56 Å². The lowest BCUT2D eigenvalue weighted by Crippen LogP contribution is -1.97. The SMILES string of the molecule is COc1ccc(-c2noc(COc3cccc(C(C)C)c3)n2)c(OC)c1. The van der Waals surface area contributed by atoms with E-state index in [1.54, 1.807) is 20.3 Å². The summed E-state index contributed by atoms with van der Waals surface area (Å²) in [4.78, 5) is 4.39. The Morgan fingerprint density at radius 3 is 2.58 bits per heavy atom. The molecule has 26 heavy (non-hydrogen) atoms. The molecule has 0 aliphatic carbocycles. The third-order valence-corrected chi connectivity index (χ3v) is 4.00. The van der Waals surface area contributed by atoms with Crippen LogP contribution in [0.15, 0.2) is 47.0 Å². The largest absolute Gasteiger partial charge is 0.497 e. The topological polar surface area (TPSA) is 66.6 Å². The normalized spacial score (nSPS) is 10.8. The van der Waals surface area contributed by atoms with Crippen molar-refractivity contribution < 1.29 is 18.7 Å². The number of benzene rings is 2. The molecular weight excluding hydrogens is 332 g/mol. The summed E-state index contributed by atoms with van der Waals surface area (Å²) in [6.07, 6.45) is 0. The van der Waals surface area contributed by atoms with Gasteiger partial charge in [-0.25, -0.2) is 0 Å². The van der Waals surface area contributed by atoms with Gasteiger partial charge in [0.2, 0.25) is 5.82 Å². The van der Waals surface area contributed by atoms with Gasteiger partial charge in [-0.05, 0) is 35.7 Å². The molecule has 0 aliphatic heterocycles. The average molecular weight is 354 g/mol. The Balaban J connectivity index is 1.73. The second-order valence-corrected chi connectivity index (χ2v) is 6.09. The van der Waals surface area contributed by atoms with Crippen LogP contribution < -0.4 is 14.2 Å². The molecule has 1 aromatic heterocycles. The van der Waals surface area contributed by atoms with Crippen LogP contribution in [-0.4, -0.2) is 24.4 Å². The fraction of sp³-hybridized carbons (Fsp3) is 0.300. The third-order valence-electron chi connectivity index (χ3n) is 4.00. The monoisotopic (exact) mass is 354 g/mol. The number of ether oxygens (including phenoxy) is 3. The van der Waals surface area contributed by atoms with Gasteiger partial charge in [0.15, 0.2) is 6.61 Å². The molecule has 6 nitrogen and oxygen atoms in total. The number of hydrogen-bond donors (Lipinski definition) is 0. The minimum Gasteiger partial charge on any atom is -0.497 e. The maximum Gasteiger partial charge on any atom is 0.264 e. The fourth-order valence-corrected chi connectivity index (χ4v) is 2.51. The molecule has 0 atom stereocenters. The zero-order chi connectivity index (χ0) is 18.5. The smallest absolute Gasteiger partial charge is 0.264 e. The van der Waals surface area contributed by atoms with Gasteiger partial charge in [-0.1, -0.05) is 31.1 Å². The molecule has 0 amide bonds. The summed E-state index contributed by atoms with van der Waals surface area (Å²) in [7, 11) is 3.19. The summed E-state index contributed by atoms with van der Waals surface area (Å²) in [6, 6.07) is 13.4. The van der Waals surface area contributed by atoms with E-state index in [0.717, 1.165) is 11.3 Å². The first-order valence-corrected chi connectivity index (χ1v) is 8.38. The maximum atomic E-state index is 5.78. The second-order valence-electron chi connectivity index (χ2n) is 6.09. The highest BCUT2D eigenvalue weighted by Crippen LogP contribution is 2.31. The highest BCUT2D eigenvalue weighted by molar-refractivity contribution is 5.65. The number of aromatic nitrogens is 2. The highest BCUT2D eigenvalue weighted by atomic mass is 16.5. The Hall–Kier alpha value is -3.02. The van der Waals surface area contributed by atoms with Crippen LogP contribution in [0.4, 0.5) is 0 Å². The van der Waals surface area contributed by atoms with Gasteiger partial charge in [0.05, 0.1) is 19.8 Å². The van der Waals surface area contributed by atoms with E-state index in [-0.39, 0.29) is 6.61 Å². The van der Waals surface area contributed by atoms with Gasteiger partial charge in [-0.2, -0.15) is 4.98 Å². The van der Waals surface area contributed by atoms with E-state index < -0.39 is 0 Å². The molecule has 0 spiro atoms. The summed E-state index contributed by atoms with van der Waals surface area (Å²) >= 11 is 0. The molecule has 2 aromatic carbocycles. The van der Waals surface area contributed by atoms with Crippen molar-refractivity contribution in [3.63, 3.8) is 0 Å². The van der Waals surface area contributed by atoms with Crippen molar-refractivity contribution >= 4 is 0 Å². The van der Waals surface area contributed by atoms with E-state index in [2.05, 4.69) is 30.1 Å². The van der Waals surface area contributed by atoms with E-state index >= 15 is 0 Å². The minimum atomic E-state index is 0.201. The molecule has 0 saturated carbocycles. The molecule has 0 unspecified atom stereocenters. The van der Waals surface area contributed by atoms with Gasteiger partial charge in [0.1, 0.15) is 17.2 Å². The molecule has 0 N–H and O–H groups in total. The van der Waals surface area contributed by atoms with Crippen molar-refractivity contribution in [2.75, 3.05) is 14.2 Å². The summed E-state index contributed by atoms with van der Waals surface area (Å²) in [5, 5.41) is 4.02. The first-order valence-electron chi connectivity index (χ1n) is 8.38. The minimum absolute atomic E-state index is 0.201. The van der Waals surface area contributed by atoms with Crippen molar-refractivity contribution in [3.8, 4) is 28.6 Å². The Morgan fingerprint density at radius 2 is 1.85 bits per heavy atom. The Labute approximate surface area is 152 Å². The van der Waals surface area contributed by atoms with E-state index in [9.17, 15) is 0 Å². The van der Waals surface area contributed by atoms with Crippen LogP contribution >= 0.6 is 0 Å². The summed E-state index contributed by atoms with van der Waals surface area (Å²) in [5.74, 6) is 3.37. The third kappa shape index (κ3) is 3.96. The molecule has 3 aromatic rings. The Morgan fingerprint density at radius 1 is 1.00 bits per heavy atom. The van der Waals surface area contributed by atoms with Crippen LogP contribution in [-0.2, 0) is 6.61 Å². The van der Waals surface area contributed by atoms with Crippen LogP contribution in [0.2, 0.25) is 0 Å². The van der Waals surface area contributed by atoms with E-state index in [0.29, 0.717) is 29.1 Å². The lowest BCUT2D eigenvalue weighted by Gasteiger charge is -2.08. The van der Waals surface area contributed by atoms with Gasteiger partial charge in [-0.15, -0.1) is 0 Å². The quantitative estimate of drug-likeness (QED) is 0.624. The predicted molar refractivity (Wildman–Crippen MR) is 97.7 cm³/mol. The number of methoxy groups -OCH3 is 2. The molecule has 136 valence electrons. The Bertz CT molecular complexity index is 874. The van der Waals surface area contributed by atoms with Crippen molar-refractivity contribution in [1.82, 2.24) is 10.1 Å². The lowest BCUT2D eigenvalue weighted by atomic mass is 10.0. The van der Waals surface area contributed by atoms with E-state index in [4.69, 9.17) is 18.7 Å². The van der Waals surface area contributed by atoms with Crippen molar-refractivity contribution in [1.29, 1.82) is 0 Å². The van der Waals surface area contributed by atoms with Crippen LogP contribution in [0.3, 0.4) is 0 Å². The van der Waals surface area contributed by atoms with Crippen molar-refractivity contribution in [3.05, 3.63) is 53.9 Å².